The minimum atomic E-state index is -0.747. The van der Waals surface area contributed by atoms with Crippen LogP contribution in [0, 0.1) is 0 Å². The fraction of sp³-hybridized carbons (Fsp3) is 0.143. The zero-order chi connectivity index (χ0) is 8.55. The summed E-state index contributed by atoms with van der Waals surface area (Å²) in [7, 11) is 0. The molecule has 13 heavy (non-hydrogen) atoms. The van der Waals surface area contributed by atoms with Crippen LogP contribution in [0.1, 0.15) is 11.7 Å². The molecule has 1 fully saturated rings. The van der Waals surface area contributed by atoms with Gasteiger partial charge in [-0.25, -0.2) is 4.79 Å². The van der Waals surface area contributed by atoms with Gasteiger partial charge in [-0.15, -0.1) is 0 Å². The van der Waals surface area contributed by atoms with Gasteiger partial charge >= 0.3 is 6.09 Å². The van der Waals surface area contributed by atoms with Crippen LogP contribution >= 0.6 is 11.3 Å². The molecule has 63 valence electrons. The van der Waals surface area contributed by atoms with Crippen LogP contribution in [0.4, 0.5) is 4.79 Å². The molecule has 2 rings (SSSR count). The first-order valence-corrected chi connectivity index (χ1v) is 4.25. The number of hydrogen-bond acceptors (Lipinski definition) is 4. The van der Waals surface area contributed by atoms with E-state index >= 15 is 0 Å². The second-order valence-electron chi connectivity index (χ2n) is 2.33. The van der Waals surface area contributed by atoms with Gasteiger partial charge in [-0.2, -0.15) is 11.3 Å². The molecule has 1 saturated heterocycles. The number of cyclic esters (lactones) is 1. The van der Waals surface area contributed by atoms with E-state index in [0.717, 1.165) is 5.56 Å². The molecule has 1 aromatic rings. The standard InChI is InChI=1S/C7H5NO3S.Na/c9-6-5(11-7(10)8-6)4-1-2-12-3-4;/h1-3,5H,(H,8,9,10);. The van der Waals surface area contributed by atoms with E-state index < -0.39 is 18.1 Å². The van der Waals surface area contributed by atoms with Gasteiger partial charge in [-0.05, 0) is 16.8 Å². The first-order valence-electron chi connectivity index (χ1n) is 3.31. The van der Waals surface area contributed by atoms with Gasteiger partial charge in [0.25, 0.3) is 5.91 Å². The van der Waals surface area contributed by atoms with Gasteiger partial charge in [-0.3, -0.25) is 10.1 Å². The number of nitrogens with one attached hydrogen (secondary N) is 1. The van der Waals surface area contributed by atoms with E-state index in [1.165, 1.54) is 11.3 Å². The Bertz CT molecular complexity index is 324. The van der Waals surface area contributed by atoms with E-state index in [4.69, 9.17) is 4.74 Å². The summed E-state index contributed by atoms with van der Waals surface area (Å²) in [6, 6.07) is 1.76. The number of rotatable bonds is 1. The van der Waals surface area contributed by atoms with Gasteiger partial charge < -0.3 is 4.74 Å². The van der Waals surface area contributed by atoms with Crippen molar-refractivity contribution >= 4 is 52.9 Å². The number of thiophene rings is 1. The van der Waals surface area contributed by atoms with Gasteiger partial charge in [0.15, 0.2) is 0 Å². The Hall–Kier alpha value is -0.360. The zero-order valence-electron chi connectivity index (χ0n) is 6.94. The third kappa shape index (κ3) is 2.11. The predicted molar refractivity (Wildman–Crippen MR) is 47.4 cm³/mol. The number of alkyl carbamates (subject to hydrolysis) is 1. The first kappa shape index (κ1) is 10.7. The average molecular weight is 206 g/mol. The Kier molecular flexibility index (Phi) is 3.49. The molecule has 1 N–H and O–H groups in total. The smallest absolute Gasteiger partial charge is 0.415 e. The molecule has 4 nitrogen and oxygen atoms in total. The largest absolute Gasteiger partial charge is 0.431 e. The monoisotopic (exact) mass is 206 g/mol. The molecular formula is C7H5NNaO3S. The number of carbonyl (C=O) groups excluding carboxylic acids is 2. The fourth-order valence-electron chi connectivity index (χ4n) is 1.000. The quantitative estimate of drug-likeness (QED) is 0.687. The van der Waals surface area contributed by atoms with Crippen molar-refractivity contribution in [2.45, 2.75) is 6.10 Å². The molecule has 1 radical (unpaired) electrons. The molecule has 0 aliphatic carbocycles. The van der Waals surface area contributed by atoms with E-state index in [0.29, 0.717) is 0 Å². The van der Waals surface area contributed by atoms with Crippen molar-refractivity contribution in [2.24, 2.45) is 0 Å². The molecular weight excluding hydrogens is 201 g/mol. The summed E-state index contributed by atoms with van der Waals surface area (Å²) < 4.78 is 4.73. The second-order valence-corrected chi connectivity index (χ2v) is 3.11. The van der Waals surface area contributed by atoms with Crippen LogP contribution < -0.4 is 5.32 Å². The molecule has 2 heterocycles. The summed E-state index contributed by atoms with van der Waals surface area (Å²) >= 11 is 1.46. The number of ether oxygens (including phenoxy) is 1. The molecule has 0 spiro atoms. The maximum Gasteiger partial charge on any atom is 0.415 e. The van der Waals surface area contributed by atoms with Crippen LogP contribution in [0.25, 0.3) is 0 Å². The van der Waals surface area contributed by atoms with Crippen molar-refractivity contribution in [2.75, 3.05) is 0 Å². The SMILES string of the molecule is O=C1NC(=O)C(c2ccsc2)O1.[Na]. The Morgan fingerprint density at radius 3 is 2.69 bits per heavy atom. The van der Waals surface area contributed by atoms with Crippen molar-refractivity contribution < 1.29 is 14.3 Å². The molecule has 1 unspecified atom stereocenters. The topological polar surface area (TPSA) is 55.4 Å². The number of amides is 2. The average Bonchev–Trinajstić information content (AvgIpc) is 2.58. The van der Waals surface area contributed by atoms with E-state index in [1.54, 1.807) is 11.4 Å². The minimum absolute atomic E-state index is 0. The maximum atomic E-state index is 11.0. The van der Waals surface area contributed by atoms with Crippen molar-refractivity contribution in [3.8, 4) is 0 Å². The molecule has 0 saturated carbocycles. The summed E-state index contributed by atoms with van der Waals surface area (Å²) in [5.41, 5.74) is 0.725. The van der Waals surface area contributed by atoms with Crippen molar-refractivity contribution in [3.05, 3.63) is 22.4 Å². The van der Waals surface area contributed by atoms with Crippen molar-refractivity contribution in [1.82, 2.24) is 5.32 Å². The normalized spacial score (nSPS) is 20.5. The molecule has 1 aromatic heterocycles. The Morgan fingerprint density at radius 1 is 1.46 bits per heavy atom. The van der Waals surface area contributed by atoms with E-state index in [2.05, 4.69) is 5.32 Å². The number of hydrogen-bond donors (Lipinski definition) is 1. The van der Waals surface area contributed by atoms with Crippen molar-refractivity contribution in [3.63, 3.8) is 0 Å². The maximum absolute atomic E-state index is 11.0. The molecule has 1 aliphatic heterocycles. The van der Waals surface area contributed by atoms with E-state index in [1.807, 2.05) is 5.38 Å². The Morgan fingerprint density at radius 2 is 2.23 bits per heavy atom. The summed E-state index contributed by atoms with van der Waals surface area (Å²) in [6.45, 7) is 0. The van der Waals surface area contributed by atoms with Gasteiger partial charge in [0, 0.05) is 35.1 Å². The van der Waals surface area contributed by atoms with Crippen molar-refractivity contribution in [1.29, 1.82) is 0 Å². The first-order chi connectivity index (χ1) is 5.77. The van der Waals surface area contributed by atoms with E-state index in [-0.39, 0.29) is 29.6 Å². The summed E-state index contributed by atoms with van der Waals surface area (Å²) in [5.74, 6) is -0.390. The second kappa shape index (κ2) is 4.23. The molecule has 1 aliphatic rings. The van der Waals surface area contributed by atoms with Crippen LogP contribution in [-0.2, 0) is 9.53 Å². The predicted octanol–water partition coefficient (Wildman–Crippen LogP) is 0.675. The van der Waals surface area contributed by atoms with Gasteiger partial charge in [0.2, 0.25) is 6.10 Å². The molecule has 0 bridgehead atoms. The third-order valence-electron chi connectivity index (χ3n) is 1.53. The summed E-state index contributed by atoms with van der Waals surface area (Å²) in [5, 5.41) is 5.67. The van der Waals surface area contributed by atoms with Gasteiger partial charge in [0.1, 0.15) is 0 Å². The zero-order valence-corrected chi connectivity index (χ0v) is 9.76. The Balaban J connectivity index is 0.000000845. The van der Waals surface area contributed by atoms with Crippen LogP contribution in [-0.4, -0.2) is 41.6 Å². The number of carbonyl (C=O) groups is 2. The molecule has 1 atom stereocenters. The van der Waals surface area contributed by atoms with Crippen LogP contribution in [0.3, 0.4) is 0 Å². The van der Waals surface area contributed by atoms with Crippen LogP contribution in [0.2, 0.25) is 0 Å². The Labute approximate surface area is 101 Å². The number of imide groups is 1. The minimum Gasteiger partial charge on any atom is -0.431 e. The van der Waals surface area contributed by atoms with Crippen LogP contribution in [0.5, 0.6) is 0 Å². The third-order valence-corrected chi connectivity index (χ3v) is 2.24. The summed E-state index contributed by atoms with van der Waals surface area (Å²) in [4.78, 5) is 21.6. The van der Waals surface area contributed by atoms with Gasteiger partial charge in [0.05, 0.1) is 0 Å². The van der Waals surface area contributed by atoms with Crippen LogP contribution in [0.15, 0.2) is 16.8 Å². The summed E-state index contributed by atoms with van der Waals surface area (Å²) in [6.07, 6.45) is -1.42. The molecule has 2 amide bonds. The molecule has 6 heteroatoms. The fourth-order valence-corrected chi connectivity index (χ4v) is 1.67. The molecule has 0 aromatic carbocycles. The van der Waals surface area contributed by atoms with Gasteiger partial charge in [-0.1, -0.05) is 0 Å². The van der Waals surface area contributed by atoms with E-state index in [9.17, 15) is 9.59 Å².